The first-order chi connectivity index (χ1) is 8.77. The third kappa shape index (κ3) is 1.84. The molecule has 2 aromatic heterocycles. The second-order valence-corrected chi connectivity index (χ2v) is 5.09. The van der Waals surface area contributed by atoms with Gasteiger partial charge in [0.2, 0.25) is 0 Å². The largest absolute Gasteiger partial charge is 0.354 e. The summed E-state index contributed by atoms with van der Waals surface area (Å²) in [7, 11) is 2.13. The molecule has 0 aliphatic carbocycles. The van der Waals surface area contributed by atoms with Crippen molar-refractivity contribution in [1.29, 1.82) is 0 Å². The lowest BCUT2D eigenvalue weighted by molar-refractivity contribution is 0.338. The molecule has 2 aromatic rings. The van der Waals surface area contributed by atoms with Gasteiger partial charge in [0, 0.05) is 25.8 Å². The van der Waals surface area contributed by atoms with E-state index in [1.54, 1.807) is 6.33 Å². The van der Waals surface area contributed by atoms with Gasteiger partial charge in [-0.3, -0.25) is 0 Å². The van der Waals surface area contributed by atoms with Gasteiger partial charge in [0.15, 0.2) is 0 Å². The highest BCUT2D eigenvalue weighted by Gasteiger charge is 2.26. The molecule has 0 radical (unpaired) electrons. The van der Waals surface area contributed by atoms with E-state index in [1.807, 2.05) is 12.3 Å². The number of hydrogen-bond donors (Lipinski definition) is 2. The van der Waals surface area contributed by atoms with E-state index in [9.17, 15) is 0 Å². The lowest BCUT2D eigenvalue weighted by atomic mass is 9.93. The summed E-state index contributed by atoms with van der Waals surface area (Å²) in [6, 6.07) is 2.54. The summed E-state index contributed by atoms with van der Waals surface area (Å²) in [5.41, 5.74) is 0.906. The average Bonchev–Trinajstić information content (AvgIpc) is 2.86. The van der Waals surface area contributed by atoms with Crippen LogP contribution in [-0.2, 0) is 0 Å². The van der Waals surface area contributed by atoms with Gasteiger partial charge in [-0.15, -0.1) is 0 Å². The summed E-state index contributed by atoms with van der Waals surface area (Å²) in [6.07, 6.45) is 4.77. The highest BCUT2D eigenvalue weighted by atomic mass is 15.2. The smallest absolute Gasteiger partial charge is 0.142 e. The summed E-state index contributed by atoms with van der Waals surface area (Å²) in [4.78, 5) is 14.1. The Labute approximate surface area is 107 Å². The van der Waals surface area contributed by atoms with Crippen molar-refractivity contribution >= 4 is 16.9 Å². The van der Waals surface area contributed by atoms with Gasteiger partial charge in [0.05, 0.1) is 5.39 Å². The van der Waals surface area contributed by atoms with Crippen LogP contribution in [0.5, 0.6) is 0 Å². The predicted molar refractivity (Wildman–Crippen MR) is 72.7 cm³/mol. The molecule has 3 heterocycles. The number of fused-ring (bicyclic) bond motifs is 1. The summed E-state index contributed by atoms with van der Waals surface area (Å²) in [5.74, 6) is 1.70. The third-order valence-corrected chi connectivity index (χ3v) is 3.95. The highest BCUT2D eigenvalue weighted by Crippen LogP contribution is 2.26. The van der Waals surface area contributed by atoms with E-state index in [0.29, 0.717) is 12.0 Å². The van der Waals surface area contributed by atoms with Crippen LogP contribution in [-0.4, -0.2) is 41.1 Å². The van der Waals surface area contributed by atoms with Gasteiger partial charge in [-0.1, -0.05) is 6.92 Å². The Morgan fingerprint density at radius 3 is 3.11 bits per heavy atom. The standard InChI is InChI=1S/C13H19N5/c1-9-3-5-14-7-11(9)18(2)13-10-4-6-15-12(10)16-8-17-13/h4,6,8-9,11,14H,3,5,7H2,1-2H3,(H,15,16,17). The quantitative estimate of drug-likeness (QED) is 0.839. The van der Waals surface area contributed by atoms with Gasteiger partial charge < -0.3 is 15.2 Å². The van der Waals surface area contributed by atoms with Gasteiger partial charge in [0.25, 0.3) is 0 Å². The molecular weight excluding hydrogens is 226 g/mol. The summed E-state index contributed by atoms with van der Waals surface area (Å²) < 4.78 is 0. The lowest BCUT2D eigenvalue weighted by Crippen LogP contribution is -2.49. The fourth-order valence-electron chi connectivity index (χ4n) is 2.79. The molecular formula is C13H19N5. The molecule has 2 N–H and O–H groups in total. The van der Waals surface area contributed by atoms with Crippen molar-refractivity contribution in [1.82, 2.24) is 20.3 Å². The van der Waals surface area contributed by atoms with Crippen molar-refractivity contribution in [2.24, 2.45) is 5.92 Å². The predicted octanol–water partition coefficient (Wildman–Crippen LogP) is 1.39. The van der Waals surface area contributed by atoms with E-state index in [4.69, 9.17) is 0 Å². The Morgan fingerprint density at radius 1 is 1.39 bits per heavy atom. The SMILES string of the molecule is CC1CCNCC1N(C)c1ncnc2[nH]ccc12. The van der Waals surface area contributed by atoms with Crippen LogP contribution in [0.3, 0.4) is 0 Å². The van der Waals surface area contributed by atoms with E-state index >= 15 is 0 Å². The van der Waals surface area contributed by atoms with Crippen LogP contribution in [0.4, 0.5) is 5.82 Å². The second kappa shape index (κ2) is 4.57. The van der Waals surface area contributed by atoms with Crippen molar-refractivity contribution in [3.63, 3.8) is 0 Å². The number of H-pyrrole nitrogens is 1. The molecule has 3 rings (SSSR count). The molecule has 0 aromatic carbocycles. The molecule has 1 aliphatic rings. The minimum Gasteiger partial charge on any atom is -0.354 e. The minimum atomic E-state index is 0.492. The van der Waals surface area contributed by atoms with E-state index in [2.05, 4.69) is 39.1 Å². The van der Waals surface area contributed by atoms with Crippen LogP contribution in [0, 0.1) is 5.92 Å². The molecule has 2 unspecified atom stereocenters. The Morgan fingerprint density at radius 2 is 2.28 bits per heavy atom. The van der Waals surface area contributed by atoms with Crippen LogP contribution in [0.25, 0.3) is 11.0 Å². The fraction of sp³-hybridized carbons (Fsp3) is 0.538. The van der Waals surface area contributed by atoms with Gasteiger partial charge in [-0.25, -0.2) is 9.97 Å². The zero-order chi connectivity index (χ0) is 12.5. The van der Waals surface area contributed by atoms with E-state index in [0.717, 1.165) is 29.9 Å². The second-order valence-electron chi connectivity index (χ2n) is 5.09. The van der Waals surface area contributed by atoms with Crippen LogP contribution in [0.15, 0.2) is 18.6 Å². The summed E-state index contributed by atoms with van der Waals surface area (Å²) in [6.45, 7) is 4.46. The molecule has 0 bridgehead atoms. The molecule has 96 valence electrons. The highest BCUT2D eigenvalue weighted by molar-refractivity contribution is 5.87. The fourth-order valence-corrected chi connectivity index (χ4v) is 2.79. The van der Waals surface area contributed by atoms with E-state index in [1.165, 1.54) is 6.42 Å². The first-order valence-corrected chi connectivity index (χ1v) is 6.49. The molecule has 1 fully saturated rings. The zero-order valence-corrected chi connectivity index (χ0v) is 10.8. The first kappa shape index (κ1) is 11.5. The number of rotatable bonds is 2. The van der Waals surface area contributed by atoms with Crippen molar-refractivity contribution < 1.29 is 0 Å². The number of anilines is 1. The molecule has 18 heavy (non-hydrogen) atoms. The maximum atomic E-state index is 4.46. The molecule has 0 spiro atoms. The van der Waals surface area contributed by atoms with Crippen molar-refractivity contribution in [2.45, 2.75) is 19.4 Å². The number of nitrogens with zero attached hydrogens (tertiary/aromatic N) is 3. The van der Waals surface area contributed by atoms with Crippen molar-refractivity contribution in [2.75, 3.05) is 25.0 Å². The van der Waals surface area contributed by atoms with Crippen LogP contribution in [0.1, 0.15) is 13.3 Å². The minimum absolute atomic E-state index is 0.492. The molecule has 1 aliphatic heterocycles. The maximum Gasteiger partial charge on any atom is 0.142 e. The summed E-state index contributed by atoms with van der Waals surface area (Å²) >= 11 is 0. The van der Waals surface area contributed by atoms with Crippen LogP contribution < -0.4 is 10.2 Å². The van der Waals surface area contributed by atoms with Gasteiger partial charge in [0.1, 0.15) is 17.8 Å². The zero-order valence-electron chi connectivity index (χ0n) is 10.8. The summed E-state index contributed by atoms with van der Waals surface area (Å²) in [5, 5.41) is 4.56. The number of aromatic amines is 1. The van der Waals surface area contributed by atoms with Crippen LogP contribution in [0.2, 0.25) is 0 Å². The number of piperidine rings is 1. The normalized spacial score (nSPS) is 24.3. The van der Waals surface area contributed by atoms with Gasteiger partial charge in [-0.2, -0.15) is 0 Å². The molecule has 2 atom stereocenters. The van der Waals surface area contributed by atoms with Crippen molar-refractivity contribution in [3.8, 4) is 0 Å². The number of aromatic nitrogens is 3. The van der Waals surface area contributed by atoms with E-state index in [-0.39, 0.29) is 0 Å². The van der Waals surface area contributed by atoms with E-state index < -0.39 is 0 Å². The lowest BCUT2D eigenvalue weighted by Gasteiger charge is -2.37. The Bertz CT molecular complexity index is 535. The number of likely N-dealkylation sites (N-methyl/N-ethyl adjacent to an activating group) is 1. The topological polar surface area (TPSA) is 56.8 Å². The maximum absolute atomic E-state index is 4.46. The molecule has 0 amide bonds. The molecule has 1 saturated heterocycles. The van der Waals surface area contributed by atoms with Crippen molar-refractivity contribution in [3.05, 3.63) is 18.6 Å². The molecule has 5 nitrogen and oxygen atoms in total. The molecule has 5 heteroatoms. The first-order valence-electron chi connectivity index (χ1n) is 6.49. The van der Waals surface area contributed by atoms with Gasteiger partial charge in [-0.05, 0) is 24.9 Å². The monoisotopic (exact) mass is 245 g/mol. The third-order valence-electron chi connectivity index (χ3n) is 3.95. The molecule has 0 saturated carbocycles. The van der Waals surface area contributed by atoms with Crippen LogP contribution >= 0.6 is 0 Å². The average molecular weight is 245 g/mol. The Kier molecular flexibility index (Phi) is 2.91. The number of hydrogen-bond acceptors (Lipinski definition) is 4. The van der Waals surface area contributed by atoms with Gasteiger partial charge >= 0.3 is 0 Å². The number of nitrogens with one attached hydrogen (secondary N) is 2. The Hall–Kier alpha value is -1.62. The Balaban J connectivity index is 1.95.